The van der Waals surface area contributed by atoms with Gasteiger partial charge in [0.2, 0.25) is 5.91 Å². The molecule has 8 heteroatoms. The maximum absolute atomic E-state index is 11.8. The second-order valence-electron chi connectivity index (χ2n) is 6.16. The fourth-order valence-electron chi connectivity index (χ4n) is 2.20. The van der Waals surface area contributed by atoms with Gasteiger partial charge in [-0.25, -0.2) is 0 Å². The van der Waals surface area contributed by atoms with Gasteiger partial charge in [-0.05, 0) is 61.7 Å². The highest BCUT2D eigenvalue weighted by Gasteiger charge is 2.07. The summed E-state index contributed by atoms with van der Waals surface area (Å²) in [5.74, 6) is 0.326. The van der Waals surface area contributed by atoms with Crippen LogP contribution < -0.4 is 20.3 Å². The van der Waals surface area contributed by atoms with Crippen LogP contribution in [0.2, 0.25) is 10.0 Å². The second kappa shape index (κ2) is 10.8. The summed E-state index contributed by atoms with van der Waals surface area (Å²) in [6, 6.07) is 10.5. The predicted octanol–water partition coefficient (Wildman–Crippen LogP) is 4.00. The molecule has 0 atom stereocenters. The molecule has 6 nitrogen and oxygen atoms in total. The highest BCUT2D eigenvalue weighted by atomic mass is 35.5. The number of carbonyl (C=O) groups excluding carboxylic acids is 2. The molecular formula is C20H22Cl2N2O4. The molecule has 2 aromatic rings. The van der Waals surface area contributed by atoms with Crippen molar-refractivity contribution in [1.82, 2.24) is 10.9 Å². The summed E-state index contributed by atoms with van der Waals surface area (Å²) >= 11 is 11.8. The Morgan fingerprint density at radius 3 is 2.39 bits per heavy atom. The summed E-state index contributed by atoms with van der Waals surface area (Å²) in [5, 5.41) is 0.932. The molecule has 28 heavy (non-hydrogen) atoms. The number of halogens is 2. The number of carbonyl (C=O) groups is 2. The van der Waals surface area contributed by atoms with Crippen molar-refractivity contribution in [1.29, 1.82) is 0 Å². The van der Waals surface area contributed by atoms with E-state index in [1.807, 2.05) is 26.0 Å². The van der Waals surface area contributed by atoms with E-state index in [9.17, 15) is 9.59 Å². The highest BCUT2D eigenvalue weighted by Crippen LogP contribution is 2.27. The van der Waals surface area contributed by atoms with Gasteiger partial charge in [0.1, 0.15) is 11.5 Å². The van der Waals surface area contributed by atoms with Crippen molar-refractivity contribution in [2.75, 3.05) is 13.2 Å². The first kappa shape index (κ1) is 21.9. The Morgan fingerprint density at radius 1 is 0.929 bits per heavy atom. The van der Waals surface area contributed by atoms with Gasteiger partial charge in [0, 0.05) is 11.4 Å². The minimum Gasteiger partial charge on any atom is -0.492 e. The summed E-state index contributed by atoms with van der Waals surface area (Å²) in [5.41, 5.74) is 6.87. The Balaban J connectivity index is 1.61. The van der Waals surface area contributed by atoms with Crippen LogP contribution in [0.3, 0.4) is 0 Å². The van der Waals surface area contributed by atoms with Gasteiger partial charge in [-0.15, -0.1) is 0 Å². The van der Waals surface area contributed by atoms with Gasteiger partial charge in [-0.1, -0.05) is 29.3 Å². The molecule has 2 rings (SSSR count). The number of nitrogens with one attached hydrogen (secondary N) is 2. The van der Waals surface area contributed by atoms with E-state index in [0.29, 0.717) is 34.6 Å². The van der Waals surface area contributed by atoms with Crippen LogP contribution in [0, 0.1) is 13.8 Å². The number of amides is 2. The van der Waals surface area contributed by atoms with E-state index in [4.69, 9.17) is 32.7 Å². The molecule has 2 aromatic carbocycles. The van der Waals surface area contributed by atoms with Crippen molar-refractivity contribution in [2.45, 2.75) is 26.7 Å². The van der Waals surface area contributed by atoms with Gasteiger partial charge in [-0.3, -0.25) is 20.4 Å². The fraction of sp³-hybridized carbons (Fsp3) is 0.300. The average Bonchev–Trinajstić information content (AvgIpc) is 2.66. The first-order chi connectivity index (χ1) is 13.3. The molecule has 0 aromatic heterocycles. The molecule has 2 amide bonds. The Hall–Kier alpha value is -2.44. The first-order valence-electron chi connectivity index (χ1n) is 8.70. The molecule has 0 heterocycles. The third kappa shape index (κ3) is 7.29. The minimum atomic E-state index is -0.448. The molecule has 0 saturated carbocycles. The molecule has 0 bridgehead atoms. The van der Waals surface area contributed by atoms with Crippen molar-refractivity contribution in [3.8, 4) is 11.5 Å². The van der Waals surface area contributed by atoms with Crippen LogP contribution in [0.1, 0.15) is 24.0 Å². The quantitative estimate of drug-likeness (QED) is 0.495. The molecule has 2 N–H and O–H groups in total. The number of ether oxygens (including phenoxy) is 2. The Kier molecular flexibility index (Phi) is 8.42. The lowest BCUT2D eigenvalue weighted by Crippen LogP contribution is -2.43. The SMILES string of the molecule is Cc1ccc(OCC(=O)NNC(=O)CCCOc2ccc(Cl)cc2Cl)cc1C. The standard InChI is InChI=1S/C20H22Cl2N2O4/c1-13-5-7-16(10-14(13)2)28-12-20(26)24-23-19(25)4-3-9-27-18-8-6-15(21)11-17(18)22/h5-8,10-11H,3-4,9,12H2,1-2H3,(H,23,25)(H,24,26). The fourth-order valence-corrected chi connectivity index (χ4v) is 2.66. The van der Waals surface area contributed by atoms with E-state index < -0.39 is 5.91 Å². The summed E-state index contributed by atoms with van der Waals surface area (Å²) in [4.78, 5) is 23.5. The summed E-state index contributed by atoms with van der Waals surface area (Å²) in [6.07, 6.45) is 0.642. The molecule has 0 radical (unpaired) electrons. The van der Waals surface area contributed by atoms with Crippen LogP contribution in [0.5, 0.6) is 11.5 Å². The average molecular weight is 425 g/mol. The van der Waals surface area contributed by atoms with Gasteiger partial charge in [0.15, 0.2) is 6.61 Å². The van der Waals surface area contributed by atoms with Gasteiger partial charge < -0.3 is 9.47 Å². The maximum atomic E-state index is 11.8. The van der Waals surface area contributed by atoms with E-state index in [0.717, 1.165) is 11.1 Å². The molecule has 0 aliphatic rings. The third-order valence-electron chi connectivity index (χ3n) is 3.89. The molecule has 0 saturated heterocycles. The normalized spacial score (nSPS) is 10.3. The summed E-state index contributed by atoms with van der Waals surface area (Å²) in [6.45, 7) is 4.07. The lowest BCUT2D eigenvalue weighted by atomic mass is 10.1. The van der Waals surface area contributed by atoms with E-state index in [2.05, 4.69) is 10.9 Å². The predicted molar refractivity (Wildman–Crippen MR) is 109 cm³/mol. The zero-order chi connectivity index (χ0) is 20.5. The number of benzene rings is 2. The number of hydrazine groups is 1. The van der Waals surface area contributed by atoms with Crippen LogP contribution in [0.4, 0.5) is 0 Å². The topological polar surface area (TPSA) is 76.7 Å². The lowest BCUT2D eigenvalue weighted by molar-refractivity contribution is -0.130. The number of hydrogen-bond acceptors (Lipinski definition) is 4. The van der Waals surface area contributed by atoms with Crippen LogP contribution in [0.15, 0.2) is 36.4 Å². The van der Waals surface area contributed by atoms with Gasteiger partial charge >= 0.3 is 0 Å². The van der Waals surface area contributed by atoms with E-state index in [1.54, 1.807) is 24.3 Å². The van der Waals surface area contributed by atoms with Crippen LogP contribution in [-0.4, -0.2) is 25.0 Å². The highest BCUT2D eigenvalue weighted by molar-refractivity contribution is 6.35. The van der Waals surface area contributed by atoms with Crippen molar-refractivity contribution < 1.29 is 19.1 Å². The van der Waals surface area contributed by atoms with Crippen LogP contribution >= 0.6 is 23.2 Å². The zero-order valence-electron chi connectivity index (χ0n) is 15.7. The van der Waals surface area contributed by atoms with E-state index in [1.165, 1.54) is 0 Å². The number of aryl methyl sites for hydroxylation is 2. The van der Waals surface area contributed by atoms with Crippen LogP contribution in [-0.2, 0) is 9.59 Å². The monoisotopic (exact) mass is 424 g/mol. The lowest BCUT2D eigenvalue weighted by Gasteiger charge is -2.10. The first-order valence-corrected chi connectivity index (χ1v) is 9.46. The Labute approximate surface area is 174 Å². The Morgan fingerprint density at radius 2 is 1.68 bits per heavy atom. The third-order valence-corrected chi connectivity index (χ3v) is 4.42. The van der Waals surface area contributed by atoms with Gasteiger partial charge in [-0.2, -0.15) is 0 Å². The van der Waals surface area contributed by atoms with Crippen molar-refractivity contribution >= 4 is 35.0 Å². The smallest absolute Gasteiger partial charge is 0.276 e. The van der Waals surface area contributed by atoms with Crippen molar-refractivity contribution in [3.05, 3.63) is 57.6 Å². The van der Waals surface area contributed by atoms with Gasteiger partial charge in [0.25, 0.3) is 5.91 Å². The van der Waals surface area contributed by atoms with Crippen molar-refractivity contribution in [3.63, 3.8) is 0 Å². The molecule has 0 fully saturated rings. The number of rotatable bonds is 8. The molecule has 0 aliphatic carbocycles. The number of hydrogen-bond donors (Lipinski definition) is 2. The Bertz CT molecular complexity index is 843. The molecule has 0 aliphatic heterocycles. The molecule has 0 unspecified atom stereocenters. The zero-order valence-corrected chi connectivity index (χ0v) is 17.2. The van der Waals surface area contributed by atoms with Crippen molar-refractivity contribution in [2.24, 2.45) is 0 Å². The van der Waals surface area contributed by atoms with E-state index in [-0.39, 0.29) is 18.9 Å². The minimum absolute atomic E-state index is 0.184. The summed E-state index contributed by atoms with van der Waals surface area (Å²) < 4.78 is 10.9. The molecular weight excluding hydrogens is 403 g/mol. The van der Waals surface area contributed by atoms with E-state index >= 15 is 0 Å². The summed E-state index contributed by atoms with van der Waals surface area (Å²) in [7, 11) is 0. The molecule has 0 spiro atoms. The second-order valence-corrected chi connectivity index (χ2v) is 7.00. The maximum Gasteiger partial charge on any atom is 0.276 e. The largest absolute Gasteiger partial charge is 0.492 e. The van der Waals surface area contributed by atoms with Crippen LogP contribution in [0.25, 0.3) is 0 Å². The van der Waals surface area contributed by atoms with Gasteiger partial charge in [0.05, 0.1) is 11.6 Å². The molecule has 150 valence electrons.